The molecule has 0 bridgehead atoms. The van der Waals surface area contributed by atoms with E-state index in [1.54, 1.807) is 5.38 Å². The highest BCUT2D eigenvalue weighted by molar-refractivity contribution is 7.13. The van der Waals surface area contributed by atoms with Crippen LogP contribution in [0, 0.1) is 0 Å². The number of aromatic nitrogens is 1. The molecule has 0 spiro atoms. The minimum atomic E-state index is -0.860. The number of benzene rings is 1. The monoisotopic (exact) mass is 346 g/mol. The topological polar surface area (TPSA) is 62.7 Å². The second-order valence-corrected chi connectivity index (χ2v) is 6.85. The SMILES string of the molecule is O=C(O)Cc1csc(-c2cccc(OCCN3CCCCC3)c2)n1. The first kappa shape index (κ1) is 16.9. The van der Waals surface area contributed by atoms with Gasteiger partial charge in [-0.3, -0.25) is 9.69 Å². The molecule has 0 saturated carbocycles. The number of carbonyl (C=O) groups is 1. The van der Waals surface area contributed by atoms with Gasteiger partial charge in [-0.1, -0.05) is 18.6 Å². The Balaban J connectivity index is 1.57. The molecule has 0 unspecified atom stereocenters. The molecule has 1 aliphatic heterocycles. The predicted molar refractivity (Wildman–Crippen MR) is 94.7 cm³/mol. The predicted octanol–water partition coefficient (Wildman–Crippen LogP) is 3.30. The molecule has 1 aliphatic rings. The van der Waals surface area contributed by atoms with E-state index in [0.717, 1.165) is 22.9 Å². The summed E-state index contributed by atoms with van der Waals surface area (Å²) >= 11 is 1.46. The van der Waals surface area contributed by atoms with Crippen LogP contribution in [0.3, 0.4) is 0 Å². The second-order valence-electron chi connectivity index (χ2n) is 5.99. The van der Waals surface area contributed by atoms with Gasteiger partial charge in [0.15, 0.2) is 0 Å². The molecule has 0 radical (unpaired) electrons. The summed E-state index contributed by atoms with van der Waals surface area (Å²) in [5.41, 5.74) is 1.56. The van der Waals surface area contributed by atoms with E-state index >= 15 is 0 Å². The molecule has 0 atom stereocenters. The highest BCUT2D eigenvalue weighted by atomic mass is 32.1. The molecule has 0 amide bonds. The molecule has 1 aromatic carbocycles. The first-order chi connectivity index (χ1) is 11.7. The number of hydrogen-bond donors (Lipinski definition) is 1. The van der Waals surface area contributed by atoms with E-state index in [9.17, 15) is 4.79 Å². The molecule has 2 aromatic rings. The number of nitrogens with zero attached hydrogens (tertiary/aromatic N) is 2. The molecule has 1 saturated heterocycles. The van der Waals surface area contributed by atoms with E-state index in [1.807, 2.05) is 24.3 Å². The zero-order valence-corrected chi connectivity index (χ0v) is 14.4. The van der Waals surface area contributed by atoms with Gasteiger partial charge in [0.25, 0.3) is 0 Å². The fourth-order valence-corrected chi connectivity index (χ4v) is 3.69. The molecule has 6 heteroatoms. The van der Waals surface area contributed by atoms with Crippen molar-refractivity contribution >= 4 is 17.3 Å². The van der Waals surface area contributed by atoms with E-state index in [1.165, 1.54) is 43.7 Å². The van der Waals surface area contributed by atoms with Crippen LogP contribution < -0.4 is 4.74 Å². The minimum absolute atomic E-state index is 0.0392. The Hall–Kier alpha value is -1.92. The van der Waals surface area contributed by atoms with Crippen molar-refractivity contribution in [2.75, 3.05) is 26.2 Å². The van der Waals surface area contributed by atoms with Crippen LogP contribution in [0.4, 0.5) is 0 Å². The van der Waals surface area contributed by atoms with Crippen molar-refractivity contribution in [2.24, 2.45) is 0 Å². The van der Waals surface area contributed by atoms with Gasteiger partial charge in [-0.25, -0.2) is 4.98 Å². The third-order valence-corrected chi connectivity index (χ3v) is 5.03. The van der Waals surface area contributed by atoms with Crippen LogP contribution in [0.2, 0.25) is 0 Å². The summed E-state index contributed by atoms with van der Waals surface area (Å²) in [5, 5.41) is 11.5. The van der Waals surface area contributed by atoms with Gasteiger partial charge in [0.05, 0.1) is 12.1 Å². The van der Waals surface area contributed by atoms with Crippen molar-refractivity contribution in [1.29, 1.82) is 0 Å². The van der Waals surface area contributed by atoms with Crippen molar-refractivity contribution in [3.8, 4) is 16.3 Å². The van der Waals surface area contributed by atoms with Gasteiger partial charge < -0.3 is 9.84 Å². The standard InChI is InChI=1S/C18H22N2O3S/c21-17(22)12-15-13-24-18(19-15)14-5-4-6-16(11-14)23-10-9-20-7-2-1-3-8-20/h4-6,11,13H,1-3,7-10,12H2,(H,21,22). The lowest BCUT2D eigenvalue weighted by atomic mass is 10.1. The maximum Gasteiger partial charge on any atom is 0.309 e. The van der Waals surface area contributed by atoms with Crippen LogP contribution in [0.1, 0.15) is 25.0 Å². The van der Waals surface area contributed by atoms with Gasteiger partial charge in [0, 0.05) is 17.5 Å². The van der Waals surface area contributed by atoms with E-state index in [-0.39, 0.29) is 6.42 Å². The Labute approximate surface area is 145 Å². The normalized spacial score (nSPS) is 15.3. The second kappa shape index (κ2) is 8.26. The maximum absolute atomic E-state index is 10.8. The third-order valence-electron chi connectivity index (χ3n) is 4.09. The quantitative estimate of drug-likeness (QED) is 0.833. The first-order valence-electron chi connectivity index (χ1n) is 8.32. The highest BCUT2D eigenvalue weighted by Gasteiger charge is 2.11. The minimum Gasteiger partial charge on any atom is -0.492 e. The summed E-state index contributed by atoms with van der Waals surface area (Å²) in [6, 6.07) is 7.84. The van der Waals surface area contributed by atoms with Gasteiger partial charge in [0.1, 0.15) is 17.4 Å². The van der Waals surface area contributed by atoms with E-state index < -0.39 is 5.97 Å². The number of carboxylic acids is 1. The van der Waals surface area contributed by atoms with Crippen molar-refractivity contribution in [2.45, 2.75) is 25.7 Å². The molecule has 1 N–H and O–H groups in total. The fraction of sp³-hybridized carbons (Fsp3) is 0.444. The molecule has 128 valence electrons. The molecule has 0 aliphatic carbocycles. The number of aliphatic carboxylic acids is 1. The van der Waals surface area contributed by atoms with Gasteiger partial charge in [-0.05, 0) is 38.1 Å². The molecular weight excluding hydrogens is 324 g/mol. The molecular formula is C18H22N2O3S. The zero-order valence-electron chi connectivity index (χ0n) is 13.6. The summed E-state index contributed by atoms with van der Waals surface area (Å²) in [6.07, 6.45) is 3.88. The lowest BCUT2D eigenvalue weighted by Gasteiger charge is -2.26. The Morgan fingerprint density at radius 3 is 2.92 bits per heavy atom. The largest absolute Gasteiger partial charge is 0.492 e. The van der Waals surface area contributed by atoms with Crippen LogP contribution in [-0.2, 0) is 11.2 Å². The van der Waals surface area contributed by atoms with Crippen LogP contribution >= 0.6 is 11.3 Å². The number of likely N-dealkylation sites (tertiary alicyclic amines) is 1. The Bertz CT molecular complexity index is 680. The van der Waals surface area contributed by atoms with Crippen LogP contribution in [0.15, 0.2) is 29.6 Å². The van der Waals surface area contributed by atoms with Gasteiger partial charge >= 0.3 is 5.97 Å². The van der Waals surface area contributed by atoms with Crippen molar-refractivity contribution in [1.82, 2.24) is 9.88 Å². The van der Waals surface area contributed by atoms with Gasteiger partial charge in [-0.15, -0.1) is 11.3 Å². The average molecular weight is 346 g/mol. The van der Waals surface area contributed by atoms with E-state index in [4.69, 9.17) is 9.84 Å². The highest BCUT2D eigenvalue weighted by Crippen LogP contribution is 2.27. The number of thiazole rings is 1. The molecule has 5 nitrogen and oxygen atoms in total. The molecule has 2 heterocycles. The van der Waals surface area contributed by atoms with E-state index in [0.29, 0.717) is 12.3 Å². The summed E-state index contributed by atoms with van der Waals surface area (Å²) in [6.45, 7) is 4.00. The van der Waals surface area contributed by atoms with Gasteiger partial charge in [-0.2, -0.15) is 0 Å². The number of carboxylic acid groups (broad SMARTS) is 1. The van der Waals surface area contributed by atoms with Crippen LogP contribution in [0.5, 0.6) is 5.75 Å². The summed E-state index contributed by atoms with van der Waals surface area (Å²) in [5.74, 6) is -0.0267. The Kier molecular flexibility index (Phi) is 5.82. The van der Waals surface area contributed by atoms with E-state index in [2.05, 4.69) is 9.88 Å². The van der Waals surface area contributed by atoms with Crippen molar-refractivity contribution in [3.63, 3.8) is 0 Å². The number of ether oxygens (including phenoxy) is 1. The molecule has 3 rings (SSSR count). The number of hydrogen-bond acceptors (Lipinski definition) is 5. The maximum atomic E-state index is 10.8. The average Bonchev–Trinajstić information content (AvgIpc) is 3.04. The first-order valence-corrected chi connectivity index (χ1v) is 9.20. The van der Waals surface area contributed by atoms with Gasteiger partial charge in [0.2, 0.25) is 0 Å². The lowest BCUT2D eigenvalue weighted by molar-refractivity contribution is -0.136. The lowest BCUT2D eigenvalue weighted by Crippen LogP contribution is -2.33. The molecule has 24 heavy (non-hydrogen) atoms. The van der Waals surface area contributed by atoms with Crippen molar-refractivity contribution < 1.29 is 14.6 Å². The Morgan fingerprint density at radius 1 is 1.29 bits per heavy atom. The number of rotatable bonds is 7. The zero-order chi connectivity index (χ0) is 16.8. The summed E-state index contributed by atoms with van der Waals surface area (Å²) in [4.78, 5) is 17.6. The van der Waals surface area contributed by atoms with Crippen LogP contribution in [-0.4, -0.2) is 47.2 Å². The molecule has 1 fully saturated rings. The molecule has 1 aromatic heterocycles. The summed E-state index contributed by atoms with van der Waals surface area (Å²) in [7, 11) is 0. The third kappa shape index (κ3) is 4.79. The smallest absolute Gasteiger partial charge is 0.309 e. The Morgan fingerprint density at radius 2 is 2.12 bits per heavy atom. The van der Waals surface area contributed by atoms with Crippen molar-refractivity contribution in [3.05, 3.63) is 35.3 Å². The number of piperidine rings is 1. The summed E-state index contributed by atoms with van der Waals surface area (Å²) < 4.78 is 5.88. The van der Waals surface area contributed by atoms with Crippen LogP contribution in [0.25, 0.3) is 10.6 Å². The fourth-order valence-electron chi connectivity index (χ4n) is 2.87.